The minimum atomic E-state index is -3.25. The average molecular weight is 604 g/mol. The van der Waals surface area contributed by atoms with Gasteiger partial charge in [0.1, 0.15) is 5.82 Å². The zero-order valence-electron chi connectivity index (χ0n) is 21.8. The van der Waals surface area contributed by atoms with Gasteiger partial charge in [-0.05, 0) is 70.8 Å². The van der Waals surface area contributed by atoms with Gasteiger partial charge >= 0.3 is 5.97 Å². The highest BCUT2D eigenvalue weighted by Crippen LogP contribution is 2.30. The zero-order chi connectivity index (χ0) is 29.1. The molecule has 5 aromatic rings. The van der Waals surface area contributed by atoms with Crippen LogP contribution < -0.4 is 0 Å². The molecule has 0 radical (unpaired) electrons. The fourth-order valence-electron chi connectivity index (χ4n) is 4.32. The molecule has 0 aliphatic carbocycles. The van der Waals surface area contributed by atoms with Gasteiger partial charge in [0.25, 0.3) is 0 Å². The van der Waals surface area contributed by atoms with Gasteiger partial charge in [-0.1, -0.05) is 77.8 Å². The molecule has 1 heterocycles. The molecule has 0 unspecified atom stereocenters. The number of rotatable bonds is 8. The van der Waals surface area contributed by atoms with E-state index in [0.717, 1.165) is 27.8 Å². The number of carboxylic acids is 1. The molecule has 206 valence electrons. The Morgan fingerprint density at radius 2 is 1.51 bits per heavy atom. The highest BCUT2D eigenvalue weighted by atomic mass is 35.5. The Bertz CT molecular complexity index is 1860. The lowest BCUT2D eigenvalue weighted by atomic mass is 10.0. The average Bonchev–Trinajstić information content (AvgIpc) is 3.34. The number of carboxylic acid groups (broad SMARTS) is 1. The molecule has 0 fully saturated rings. The van der Waals surface area contributed by atoms with Crippen LogP contribution in [0, 0.1) is 0 Å². The third kappa shape index (κ3) is 6.77. The second-order valence-electron chi connectivity index (χ2n) is 9.49. The normalized spacial score (nSPS) is 11.7. The lowest BCUT2D eigenvalue weighted by Crippen LogP contribution is -2.02. The first-order valence-electron chi connectivity index (χ1n) is 12.5. The van der Waals surface area contributed by atoms with Crippen molar-refractivity contribution in [2.75, 3.05) is 6.26 Å². The summed E-state index contributed by atoms with van der Waals surface area (Å²) in [4.78, 5) is 16.4. The van der Waals surface area contributed by atoms with Gasteiger partial charge in [-0.3, -0.25) is 0 Å². The van der Waals surface area contributed by atoms with E-state index in [1.807, 2.05) is 53.2 Å². The number of imidazole rings is 1. The SMILES string of the molecule is CS(=O)(=O)c1ccc(-c2ccc(/C=C/c3nc(-c4ccc(Cl)cc4Cl)cn3Cc3ccc(C(=O)O)cc3)cc2)cc1. The third-order valence-corrected chi connectivity index (χ3v) is 8.20. The molecule has 0 aliphatic rings. The van der Waals surface area contributed by atoms with E-state index >= 15 is 0 Å². The largest absolute Gasteiger partial charge is 0.478 e. The molecule has 0 spiro atoms. The predicted molar refractivity (Wildman–Crippen MR) is 164 cm³/mol. The highest BCUT2D eigenvalue weighted by molar-refractivity contribution is 7.90. The quantitative estimate of drug-likeness (QED) is 0.195. The van der Waals surface area contributed by atoms with Crippen LogP contribution in [-0.2, 0) is 16.4 Å². The zero-order valence-corrected chi connectivity index (χ0v) is 24.2. The molecule has 1 aromatic heterocycles. The van der Waals surface area contributed by atoms with E-state index < -0.39 is 15.8 Å². The number of aromatic carboxylic acids is 1. The summed E-state index contributed by atoms with van der Waals surface area (Å²) in [5.41, 5.74) is 5.41. The molecule has 0 saturated heterocycles. The lowest BCUT2D eigenvalue weighted by molar-refractivity contribution is 0.0697. The summed E-state index contributed by atoms with van der Waals surface area (Å²) in [6.45, 7) is 0.472. The van der Waals surface area contributed by atoms with Crippen LogP contribution in [0.5, 0.6) is 0 Å². The van der Waals surface area contributed by atoms with Gasteiger partial charge in [0.15, 0.2) is 9.84 Å². The number of sulfone groups is 1. The van der Waals surface area contributed by atoms with Crippen LogP contribution in [0.2, 0.25) is 10.0 Å². The summed E-state index contributed by atoms with van der Waals surface area (Å²) in [6, 6.07) is 26.7. The van der Waals surface area contributed by atoms with E-state index in [1.54, 1.807) is 60.7 Å². The van der Waals surface area contributed by atoms with Crippen molar-refractivity contribution in [1.29, 1.82) is 0 Å². The number of hydrogen-bond donors (Lipinski definition) is 1. The van der Waals surface area contributed by atoms with Crippen LogP contribution in [-0.4, -0.2) is 35.3 Å². The van der Waals surface area contributed by atoms with Crippen molar-refractivity contribution >= 4 is 51.2 Å². The minimum absolute atomic E-state index is 0.225. The maximum Gasteiger partial charge on any atom is 0.335 e. The van der Waals surface area contributed by atoms with Gasteiger partial charge in [0.05, 0.1) is 21.2 Å². The van der Waals surface area contributed by atoms with Crippen molar-refractivity contribution in [1.82, 2.24) is 9.55 Å². The molecule has 4 aromatic carbocycles. The topological polar surface area (TPSA) is 89.3 Å². The molecule has 1 N–H and O–H groups in total. The molecule has 0 atom stereocenters. The smallest absolute Gasteiger partial charge is 0.335 e. The maximum atomic E-state index is 11.7. The van der Waals surface area contributed by atoms with Crippen LogP contribution in [0.4, 0.5) is 0 Å². The van der Waals surface area contributed by atoms with Crippen molar-refractivity contribution < 1.29 is 18.3 Å². The number of carbonyl (C=O) groups is 1. The Kier molecular flexibility index (Phi) is 8.13. The Morgan fingerprint density at radius 1 is 0.878 bits per heavy atom. The summed E-state index contributed by atoms with van der Waals surface area (Å²) in [5.74, 6) is -0.284. The van der Waals surface area contributed by atoms with Crippen molar-refractivity contribution in [2.24, 2.45) is 0 Å². The first-order chi connectivity index (χ1) is 19.6. The number of benzene rings is 4. The van der Waals surface area contributed by atoms with E-state index in [0.29, 0.717) is 28.1 Å². The minimum Gasteiger partial charge on any atom is -0.478 e. The second kappa shape index (κ2) is 11.7. The van der Waals surface area contributed by atoms with E-state index in [1.165, 1.54) is 6.26 Å². The van der Waals surface area contributed by atoms with Gasteiger partial charge in [-0.15, -0.1) is 0 Å². The number of halogens is 2. The molecular weight excluding hydrogens is 579 g/mol. The fourth-order valence-corrected chi connectivity index (χ4v) is 5.45. The molecule has 5 rings (SSSR count). The monoisotopic (exact) mass is 602 g/mol. The lowest BCUT2D eigenvalue weighted by Gasteiger charge is -2.06. The van der Waals surface area contributed by atoms with Crippen molar-refractivity contribution in [2.45, 2.75) is 11.4 Å². The number of hydrogen-bond acceptors (Lipinski definition) is 4. The van der Waals surface area contributed by atoms with E-state index in [4.69, 9.17) is 28.2 Å². The van der Waals surface area contributed by atoms with Crippen LogP contribution in [0.3, 0.4) is 0 Å². The van der Waals surface area contributed by atoms with Crippen LogP contribution >= 0.6 is 23.2 Å². The highest BCUT2D eigenvalue weighted by Gasteiger charge is 2.13. The summed E-state index contributed by atoms with van der Waals surface area (Å²) in [6.07, 6.45) is 6.96. The molecular formula is C32H24Cl2N2O4S. The standard InChI is InChI=1S/C32H24Cl2N2O4S/c1-41(39,40)27-14-11-24(12-15-27)23-7-2-21(3-8-23)6-17-31-35-30(28-16-13-26(33)18-29(28)34)20-36(31)19-22-4-9-25(10-5-22)32(37)38/h2-18,20H,19H2,1H3,(H,37,38)/b17-6+. The van der Waals surface area contributed by atoms with Crippen LogP contribution in [0.25, 0.3) is 34.5 Å². The molecule has 41 heavy (non-hydrogen) atoms. The summed E-state index contributed by atoms with van der Waals surface area (Å²) in [7, 11) is -3.25. The summed E-state index contributed by atoms with van der Waals surface area (Å²) in [5, 5.41) is 10.2. The van der Waals surface area contributed by atoms with Crippen molar-refractivity contribution in [3.63, 3.8) is 0 Å². The van der Waals surface area contributed by atoms with Crippen molar-refractivity contribution in [3.05, 3.63) is 130 Å². The molecule has 0 saturated carbocycles. The molecule has 9 heteroatoms. The van der Waals surface area contributed by atoms with Crippen LogP contribution in [0.15, 0.2) is 102 Å². The molecule has 6 nitrogen and oxygen atoms in total. The first-order valence-corrected chi connectivity index (χ1v) is 15.1. The van der Waals surface area contributed by atoms with Crippen LogP contribution in [0.1, 0.15) is 27.3 Å². The van der Waals surface area contributed by atoms with E-state index in [9.17, 15) is 18.3 Å². The second-order valence-corrected chi connectivity index (χ2v) is 12.3. The number of nitrogens with zero attached hydrogens (tertiary/aromatic N) is 2. The Hall–Kier alpha value is -4.17. The van der Waals surface area contributed by atoms with E-state index in [2.05, 4.69) is 0 Å². The Balaban J connectivity index is 1.43. The van der Waals surface area contributed by atoms with Gasteiger partial charge in [-0.2, -0.15) is 0 Å². The molecule has 0 amide bonds. The van der Waals surface area contributed by atoms with Gasteiger partial charge < -0.3 is 9.67 Å². The summed E-state index contributed by atoms with van der Waals surface area (Å²) < 4.78 is 25.5. The Labute approximate surface area is 248 Å². The van der Waals surface area contributed by atoms with Gasteiger partial charge in [0.2, 0.25) is 0 Å². The Morgan fingerprint density at radius 3 is 2.10 bits per heavy atom. The van der Waals surface area contributed by atoms with Gasteiger partial charge in [0, 0.05) is 29.6 Å². The number of aromatic nitrogens is 2. The fraction of sp³-hybridized carbons (Fsp3) is 0.0625. The van der Waals surface area contributed by atoms with E-state index in [-0.39, 0.29) is 10.5 Å². The molecule has 0 bridgehead atoms. The summed E-state index contributed by atoms with van der Waals surface area (Å²) >= 11 is 12.6. The first kappa shape index (κ1) is 28.4. The van der Waals surface area contributed by atoms with Crippen molar-refractivity contribution in [3.8, 4) is 22.4 Å². The predicted octanol–water partition coefficient (Wildman–Crippen LogP) is 7.84. The maximum absolute atomic E-state index is 11.7. The van der Waals surface area contributed by atoms with Gasteiger partial charge in [-0.25, -0.2) is 18.2 Å². The molecule has 0 aliphatic heterocycles. The third-order valence-electron chi connectivity index (χ3n) is 6.52.